The molecule has 5 heteroatoms. The van der Waals surface area contributed by atoms with Crippen molar-refractivity contribution in [3.8, 4) is 11.4 Å². The first-order chi connectivity index (χ1) is 7.83. The number of aromatic nitrogens is 4. The molecule has 0 saturated heterocycles. The maximum atomic E-state index is 5.73. The summed E-state index contributed by atoms with van der Waals surface area (Å²) in [5.74, 6) is 0.771. The molecular formula is C11H7ClN4. The quantitative estimate of drug-likeness (QED) is 0.654. The van der Waals surface area contributed by atoms with E-state index >= 15 is 0 Å². The molecule has 0 saturated carbocycles. The molecule has 3 heterocycles. The van der Waals surface area contributed by atoms with E-state index in [0.29, 0.717) is 5.15 Å². The van der Waals surface area contributed by atoms with E-state index in [9.17, 15) is 0 Å². The van der Waals surface area contributed by atoms with Crippen molar-refractivity contribution in [3.63, 3.8) is 0 Å². The van der Waals surface area contributed by atoms with E-state index in [1.165, 1.54) is 0 Å². The minimum Gasteiger partial charge on any atom is -0.337 e. The van der Waals surface area contributed by atoms with Crippen molar-refractivity contribution in [1.82, 2.24) is 19.9 Å². The minimum absolute atomic E-state index is 0.474. The van der Waals surface area contributed by atoms with Crippen LogP contribution in [0.1, 0.15) is 0 Å². The maximum absolute atomic E-state index is 5.73. The lowest BCUT2D eigenvalue weighted by atomic mass is 10.3. The number of H-pyrrole nitrogens is 1. The van der Waals surface area contributed by atoms with Gasteiger partial charge in [-0.2, -0.15) is 0 Å². The van der Waals surface area contributed by atoms with E-state index in [1.807, 2.05) is 12.1 Å². The van der Waals surface area contributed by atoms with Gasteiger partial charge in [-0.15, -0.1) is 0 Å². The fraction of sp³-hybridized carbons (Fsp3) is 0. The Morgan fingerprint density at radius 2 is 2.06 bits per heavy atom. The zero-order valence-corrected chi connectivity index (χ0v) is 8.94. The monoisotopic (exact) mass is 230 g/mol. The fourth-order valence-corrected chi connectivity index (χ4v) is 1.62. The van der Waals surface area contributed by atoms with Gasteiger partial charge in [0.1, 0.15) is 11.0 Å². The van der Waals surface area contributed by atoms with E-state index in [2.05, 4.69) is 19.9 Å². The van der Waals surface area contributed by atoms with Gasteiger partial charge in [-0.1, -0.05) is 11.6 Å². The molecule has 4 nitrogen and oxygen atoms in total. The zero-order chi connectivity index (χ0) is 11.0. The lowest BCUT2D eigenvalue weighted by Crippen LogP contribution is -1.81. The molecular weight excluding hydrogens is 224 g/mol. The van der Waals surface area contributed by atoms with Gasteiger partial charge in [-0.25, -0.2) is 9.97 Å². The predicted molar refractivity (Wildman–Crippen MR) is 62.1 cm³/mol. The summed E-state index contributed by atoms with van der Waals surface area (Å²) in [4.78, 5) is 15.7. The summed E-state index contributed by atoms with van der Waals surface area (Å²) in [6.07, 6.45) is 5.15. The van der Waals surface area contributed by atoms with Gasteiger partial charge in [0.05, 0.1) is 17.2 Å². The molecule has 3 aromatic heterocycles. The van der Waals surface area contributed by atoms with Crippen LogP contribution in [0.15, 0.2) is 36.8 Å². The number of imidazole rings is 1. The first-order valence-electron chi connectivity index (χ1n) is 4.74. The van der Waals surface area contributed by atoms with Gasteiger partial charge in [-0.3, -0.25) is 4.98 Å². The van der Waals surface area contributed by atoms with Crippen molar-refractivity contribution < 1.29 is 0 Å². The van der Waals surface area contributed by atoms with Gasteiger partial charge < -0.3 is 4.98 Å². The first-order valence-corrected chi connectivity index (χ1v) is 5.12. The molecule has 0 amide bonds. The maximum Gasteiger partial charge on any atom is 0.140 e. The van der Waals surface area contributed by atoms with E-state index in [1.54, 1.807) is 24.7 Å². The summed E-state index contributed by atoms with van der Waals surface area (Å²) in [5, 5.41) is 0.474. The standard InChI is InChI=1S/C11H7ClN4/c12-10-2-1-7(5-14-10)11-15-8-3-4-13-6-9(8)16-11/h1-6H,(H,15,16). The molecule has 0 spiro atoms. The topological polar surface area (TPSA) is 54.5 Å². The lowest BCUT2D eigenvalue weighted by Gasteiger charge is -1.94. The highest BCUT2D eigenvalue weighted by Gasteiger charge is 2.04. The molecule has 0 bridgehead atoms. The Bertz CT molecular complexity index is 597. The number of pyridine rings is 2. The highest BCUT2D eigenvalue weighted by Crippen LogP contribution is 2.19. The number of rotatable bonds is 1. The minimum atomic E-state index is 0.474. The van der Waals surface area contributed by atoms with Crippen LogP contribution in [-0.4, -0.2) is 19.9 Å². The van der Waals surface area contributed by atoms with Crippen LogP contribution in [0.2, 0.25) is 5.15 Å². The van der Waals surface area contributed by atoms with Crippen molar-refractivity contribution in [3.05, 3.63) is 41.9 Å². The summed E-state index contributed by atoms with van der Waals surface area (Å²) < 4.78 is 0. The molecule has 3 aromatic rings. The second-order valence-corrected chi connectivity index (χ2v) is 3.74. The summed E-state index contributed by atoms with van der Waals surface area (Å²) in [7, 11) is 0. The van der Waals surface area contributed by atoms with E-state index < -0.39 is 0 Å². The molecule has 16 heavy (non-hydrogen) atoms. The number of hydrogen-bond donors (Lipinski definition) is 1. The van der Waals surface area contributed by atoms with Gasteiger partial charge >= 0.3 is 0 Å². The van der Waals surface area contributed by atoms with Gasteiger partial charge in [0, 0.05) is 18.0 Å². The Morgan fingerprint density at radius 3 is 2.81 bits per heavy atom. The molecule has 3 rings (SSSR count). The van der Waals surface area contributed by atoms with Crippen LogP contribution in [0.4, 0.5) is 0 Å². The van der Waals surface area contributed by atoms with Crippen LogP contribution in [0, 0.1) is 0 Å². The first kappa shape index (κ1) is 9.30. The summed E-state index contributed by atoms with van der Waals surface area (Å²) in [5.41, 5.74) is 2.70. The third-order valence-corrected chi connectivity index (χ3v) is 2.51. The molecule has 0 fully saturated rings. The van der Waals surface area contributed by atoms with Crippen LogP contribution >= 0.6 is 11.6 Å². The van der Waals surface area contributed by atoms with Gasteiger partial charge in [-0.05, 0) is 18.2 Å². The Labute approximate surface area is 96.3 Å². The molecule has 0 aliphatic rings. The van der Waals surface area contributed by atoms with Crippen molar-refractivity contribution >= 4 is 22.6 Å². The van der Waals surface area contributed by atoms with Gasteiger partial charge in [0.2, 0.25) is 0 Å². The summed E-state index contributed by atoms with van der Waals surface area (Å²) in [6, 6.07) is 5.47. The van der Waals surface area contributed by atoms with Crippen molar-refractivity contribution in [2.75, 3.05) is 0 Å². The van der Waals surface area contributed by atoms with Gasteiger partial charge in [0.25, 0.3) is 0 Å². The van der Waals surface area contributed by atoms with Crippen LogP contribution < -0.4 is 0 Å². The molecule has 78 valence electrons. The van der Waals surface area contributed by atoms with E-state index in [-0.39, 0.29) is 0 Å². The molecule has 0 atom stereocenters. The Morgan fingerprint density at radius 1 is 1.12 bits per heavy atom. The van der Waals surface area contributed by atoms with E-state index in [4.69, 9.17) is 11.6 Å². The summed E-state index contributed by atoms with van der Waals surface area (Å²) in [6.45, 7) is 0. The number of aromatic amines is 1. The normalized spacial score (nSPS) is 10.8. The Kier molecular flexibility index (Phi) is 2.08. The average molecular weight is 231 g/mol. The average Bonchev–Trinajstić information content (AvgIpc) is 2.73. The lowest BCUT2D eigenvalue weighted by molar-refractivity contribution is 1.27. The number of halogens is 1. The smallest absolute Gasteiger partial charge is 0.140 e. The Balaban J connectivity index is 2.15. The third kappa shape index (κ3) is 1.53. The molecule has 0 radical (unpaired) electrons. The third-order valence-electron chi connectivity index (χ3n) is 2.28. The van der Waals surface area contributed by atoms with Crippen molar-refractivity contribution in [2.45, 2.75) is 0 Å². The Hall–Kier alpha value is -1.94. The largest absolute Gasteiger partial charge is 0.337 e. The second kappa shape index (κ2) is 3.57. The van der Waals surface area contributed by atoms with Crippen molar-refractivity contribution in [2.24, 2.45) is 0 Å². The van der Waals surface area contributed by atoms with E-state index in [0.717, 1.165) is 22.4 Å². The number of hydrogen-bond acceptors (Lipinski definition) is 3. The molecule has 0 unspecified atom stereocenters. The molecule has 1 N–H and O–H groups in total. The number of nitrogens with one attached hydrogen (secondary N) is 1. The molecule has 0 aromatic carbocycles. The highest BCUT2D eigenvalue weighted by molar-refractivity contribution is 6.29. The van der Waals surface area contributed by atoms with Crippen LogP contribution in [0.5, 0.6) is 0 Å². The molecule has 0 aliphatic carbocycles. The zero-order valence-electron chi connectivity index (χ0n) is 8.18. The summed E-state index contributed by atoms with van der Waals surface area (Å²) >= 11 is 5.73. The van der Waals surface area contributed by atoms with Gasteiger partial charge in [0.15, 0.2) is 0 Å². The fourth-order valence-electron chi connectivity index (χ4n) is 1.51. The highest BCUT2D eigenvalue weighted by atomic mass is 35.5. The van der Waals surface area contributed by atoms with Crippen molar-refractivity contribution in [1.29, 1.82) is 0 Å². The van der Waals surface area contributed by atoms with Crippen LogP contribution in [-0.2, 0) is 0 Å². The second-order valence-electron chi connectivity index (χ2n) is 3.35. The van der Waals surface area contributed by atoms with Crippen LogP contribution in [0.3, 0.4) is 0 Å². The predicted octanol–water partition coefficient (Wildman–Crippen LogP) is 2.67. The molecule has 0 aliphatic heterocycles. The van der Waals surface area contributed by atoms with Crippen LogP contribution in [0.25, 0.3) is 22.4 Å². The SMILES string of the molecule is Clc1ccc(-c2nc3ccncc3[nH]2)cn1. The number of nitrogens with zero attached hydrogens (tertiary/aromatic N) is 3. The number of fused-ring (bicyclic) bond motifs is 1.